The molecular weight excluding hydrogens is 780 g/mol. The second kappa shape index (κ2) is 13.4. The Balaban J connectivity index is 2.01. The van der Waals surface area contributed by atoms with Crippen molar-refractivity contribution in [1.82, 2.24) is 0 Å². The molecule has 0 radical (unpaired) electrons. The van der Waals surface area contributed by atoms with Crippen molar-refractivity contribution in [2.24, 2.45) is 0 Å². The molecule has 0 bridgehead atoms. The van der Waals surface area contributed by atoms with E-state index >= 15 is 0 Å². The first kappa shape index (κ1) is 41.3. The monoisotopic (exact) mass is 850 g/mol. The fourth-order valence-electron chi connectivity index (χ4n) is 10.4. The van der Waals surface area contributed by atoms with Crippen molar-refractivity contribution >= 4 is 97.7 Å². The number of fused-ring (bicyclic) bond motifs is 2. The van der Waals surface area contributed by atoms with Crippen molar-refractivity contribution in [3.05, 3.63) is 12.1 Å². The Morgan fingerprint density at radius 2 is 0.660 bits per heavy atom. The first-order chi connectivity index (χ1) is 22.7. The Labute approximate surface area is 320 Å². The molecule has 2 aromatic heterocycles. The molecule has 1 aromatic carbocycles. The number of hydrogen-bond acceptors (Lipinski definition) is 4. The van der Waals surface area contributed by atoms with Crippen LogP contribution in [0.2, 0.25) is 33.2 Å². The van der Waals surface area contributed by atoms with Gasteiger partial charge in [-0.25, -0.2) is 0 Å². The first-order valence-electron chi connectivity index (χ1n) is 19.5. The Hall–Kier alpha value is 0.143. The summed E-state index contributed by atoms with van der Waals surface area (Å²) in [6.45, 7) is 47.7. The summed E-state index contributed by atoms with van der Waals surface area (Å²) < 4.78 is 34.7. The van der Waals surface area contributed by atoms with Gasteiger partial charge in [-0.05, 0) is 0 Å². The maximum atomic E-state index is 7.06. The zero-order valence-electron chi connectivity index (χ0n) is 35.2. The van der Waals surface area contributed by atoms with Gasteiger partial charge in [0.25, 0.3) is 0 Å². The molecule has 2 fully saturated rings. The summed E-state index contributed by atoms with van der Waals surface area (Å²) in [5.41, 5.74) is 4.81. The van der Waals surface area contributed by atoms with Crippen LogP contribution in [0.5, 0.6) is 0 Å². The van der Waals surface area contributed by atoms with Crippen LogP contribution in [0.3, 0.4) is 0 Å². The van der Waals surface area contributed by atoms with Crippen LogP contribution >= 0.6 is 0 Å². The molecule has 5 rings (SSSR count). The second-order valence-corrected chi connectivity index (χ2v) is 37.3. The molecule has 0 spiro atoms. The topological polar surface area (TPSA) is 36.9 Å². The number of rotatable bonds is 10. The van der Waals surface area contributed by atoms with E-state index in [-0.39, 0.29) is 29.0 Å². The number of hydrogen-bond donors (Lipinski definition) is 0. The quantitative estimate of drug-likeness (QED) is 0.192. The van der Waals surface area contributed by atoms with E-state index in [4.69, 9.17) is 18.6 Å². The normalized spacial score (nSPS) is 20.9. The summed E-state index contributed by atoms with van der Waals surface area (Å²) in [5.74, 6) is 0. The molecule has 3 aromatic rings. The van der Waals surface area contributed by atoms with Gasteiger partial charge in [-0.1, -0.05) is 0 Å². The molecule has 4 nitrogen and oxygen atoms in total. The third-order valence-corrected chi connectivity index (χ3v) is 37.2. The van der Waals surface area contributed by atoms with E-state index in [0.29, 0.717) is 33.2 Å². The Bertz CT molecular complexity index is 1480. The fraction of sp³-hybridized carbons (Fsp3) is 0.750. The standard InChI is InChI=1S/C40H68B2O4Se2Si2/c1-23(2)49(24(3)4,25(5)6)31-21-29-33(41-43-37(13,14)38(15,16)44-41)36-30(22-32(48-36)50(26(7)8,27(9)10)28(11)12)34(35(29)47-31)42-45-39(17,18)40(19,20)46-42/h21-28H,1-20H3. The van der Waals surface area contributed by atoms with Crippen LogP contribution in [0.4, 0.5) is 0 Å². The Kier molecular flexibility index (Phi) is 11.1. The number of benzene rings is 1. The fourth-order valence-corrected chi connectivity index (χ4v) is 39.3. The minimum atomic E-state index is -1.92. The van der Waals surface area contributed by atoms with Crippen LogP contribution in [-0.4, -0.2) is 81.8 Å². The molecule has 0 atom stereocenters. The minimum absolute atomic E-state index is 0.152. The van der Waals surface area contributed by atoms with Crippen molar-refractivity contribution < 1.29 is 18.6 Å². The summed E-state index contributed by atoms with van der Waals surface area (Å²) in [4.78, 5) is 0. The summed E-state index contributed by atoms with van der Waals surface area (Å²) in [6.07, 6.45) is 0. The van der Waals surface area contributed by atoms with Gasteiger partial charge in [0.15, 0.2) is 0 Å². The molecule has 0 amide bonds. The molecule has 2 aliphatic rings. The van der Waals surface area contributed by atoms with Crippen molar-refractivity contribution in [3.63, 3.8) is 0 Å². The SMILES string of the molecule is CC(C)[Si](c1cc2c(B3OC(C)(C)C(C)(C)O3)c3[se]c([Si](C(C)C)(C(C)C)C(C)C)cc3c(B3OC(C)(C)C(C)(C)O3)c2[se]1)(C(C)C)C(C)C. The summed E-state index contributed by atoms with van der Waals surface area (Å²) in [5, 5.41) is 2.76. The van der Waals surface area contributed by atoms with E-state index in [1.165, 1.54) is 30.2 Å². The van der Waals surface area contributed by atoms with Crippen molar-refractivity contribution in [3.8, 4) is 0 Å². The molecule has 10 heteroatoms. The van der Waals surface area contributed by atoms with Crippen LogP contribution < -0.4 is 19.0 Å². The van der Waals surface area contributed by atoms with Gasteiger partial charge in [0.2, 0.25) is 0 Å². The van der Waals surface area contributed by atoms with E-state index in [9.17, 15) is 0 Å². The van der Waals surface area contributed by atoms with Crippen molar-refractivity contribution in [2.45, 2.75) is 194 Å². The van der Waals surface area contributed by atoms with E-state index in [1.54, 1.807) is 8.12 Å². The molecule has 4 heterocycles. The Morgan fingerprint density at radius 3 is 0.860 bits per heavy atom. The van der Waals surface area contributed by atoms with Crippen molar-refractivity contribution in [2.75, 3.05) is 0 Å². The van der Waals surface area contributed by atoms with Crippen LogP contribution in [0.15, 0.2) is 12.1 Å². The summed E-state index contributed by atoms with van der Waals surface area (Å²) >= 11 is 0.304. The molecule has 2 saturated heterocycles. The van der Waals surface area contributed by atoms with Gasteiger partial charge in [-0.15, -0.1) is 0 Å². The zero-order valence-corrected chi connectivity index (χ0v) is 40.6. The predicted octanol–water partition coefficient (Wildman–Crippen LogP) is 8.48. The second-order valence-electron chi connectivity index (χ2n) is 19.5. The average Bonchev–Trinajstić information content (AvgIpc) is 3.63. The van der Waals surface area contributed by atoms with Crippen LogP contribution in [0.1, 0.15) is 138 Å². The Morgan fingerprint density at radius 1 is 0.440 bits per heavy atom. The molecule has 50 heavy (non-hydrogen) atoms. The van der Waals surface area contributed by atoms with Gasteiger partial charge in [0.1, 0.15) is 0 Å². The first-order valence-corrected chi connectivity index (χ1v) is 27.4. The molecule has 0 aliphatic carbocycles. The third-order valence-electron chi connectivity index (χ3n) is 14.1. The summed E-state index contributed by atoms with van der Waals surface area (Å²) in [7, 11) is -4.66. The van der Waals surface area contributed by atoms with Gasteiger partial charge in [-0.3, -0.25) is 0 Å². The van der Waals surface area contributed by atoms with Crippen LogP contribution in [0, 0.1) is 0 Å². The third kappa shape index (κ3) is 5.95. The van der Waals surface area contributed by atoms with Gasteiger partial charge >= 0.3 is 323 Å². The molecule has 0 unspecified atom stereocenters. The van der Waals surface area contributed by atoms with Crippen LogP contribution in [0.25, 0.3) is 19.3 Å². The molecule has 0 saturated carbocycles. The molecule has 0 N–H and O–H groups in total. The van der Waals surface area contributed by atoms with Gasteiger partial charge in [0.05, 0.1) is 0 Å². The molecule has 2 aliphatic heterocycles. The predicted molar refractivity (Wildman–Crippen MR) is 228 cm³/mol. The maximum absolute atomic E-state index is 7.06. The zero-order chi connectivity index (χ0) is 37.9. The van der Waals surface area contributed by atoms with Crippen molar-refractivity contribution in [1.29, 1.82) is 0 Å². The molecular formula is C40H68B2O4Se2Si2. The summed E-state index contributed by atoms with van der Waals surface area (Å²) in [6, 6.07) is 5.37. The van der Waals surface area contributed by atoms with E-state index in [0.717, 1.165) is 0 Å². The van der Waals surface area contributed by atoms with Gasteiger partial charge in [-0.2, -0.15) is 0 Å². The van der Waals surface area contributed by atoms with E-state index < -0.39 is 52.8 Å². The van der Waals surface area contributed by atoms with E-state index in [1.807, 2.05) is 0 Å². The van der Waals surface area contributed by atoms with Gasteiger partial charge < -0.3 is 0 Å². The van der Waals surface area contributed by atoms with Gasteiger partial charge in [0, 0.05) is 0 Å². The molecule has 278 valence electrons. The van der Waals surface area contributed by atoms with Crippen LogP contribution in [-0.2, 0) is 18.6 Å². The van der Waals surface area contributed by atoms with E-state index in [2.05, 4.69) is 151 Å². The average molecular weight is 849 g/mol.